The van der Waals surface area contributed by atoms with Crippen molar-refractivity contribution in [3.05, 3.63) is 0 Å². The predicted octanol–water partition coefficient (Wildman–Crippen LogP) is -2.02. The largest absolute Gasteiger partial charge is 0.376 e. The highest BCUT2D eigenvalue weighted by Gasteiger charge is 2.58. The summed E-state index contributed by atoms with van der Waals surface area (Å²) in [6, 6.07) is -1.00. The van der Waals surface area contributed by atoms with Crippen LogP contribution in [0.1, 0.15) is 6.92 Å². The van der Waals surface area contributed by atoms with Gasteiger partial charge in [0.05, 0.1) is 0 Å². The van der Waals surface area contributed by atoms with Crippen molar-refractivity contribution in [2.45, 2.75) is 19.3 Å². The van der Waals surface area contributed by atoms with E-state index in [0.717, 1.165) is 14.7 Å². The topological polar surface area (TPSA) is 108 Å². The molecule has 2 atom stereocenters. The SMILES string of the molecule is CCN1C(=O)N(CO)C2C1N(CO)C(=O)N2CO. The number of aliphatic hydroxyl groups excluding tert-OH is 3. The van der Waals surface area contributed by atoms with Crippen LogP contribution in [-0.2, 0) is 0 Å². The summed E-state index contributed by atoms with van der Waals surface area (Å²) in [4.78, 5) is 28.4. The lowest BCUT2D eigenvalue weighted by molar-refractivity contribution is 0.0230. The zero-order valence-electron chi connectivity index (χ0n) is 9.93. The maximum Gasteiger partial charge on any atom is 0.327 e. The van der Waals surface area contributed by atoms with Crippen LogP contribution < -0.4 is 0 Å². The van der Waals surface area contributed by atoms with E-state index >= 15 is 0 Å². The number of likely N-dealkylation sites (N-methyl/N-ethyl adjacent to an activating group) is 1. The van der Waals surface area contributed by atoms with Gasteiger partial charge in [0, 0.05) is 6.54 Å². The summed E-state index contributed by atoms with van der Waals surface area (Å²) < 4.78 is 0. The van der Waals surface area contributed by atoms with Crippen molar-refractivity contribution >= 4 is 12.1 Å². The number of urea groups is 2. The number of fused-ring (bicyclic) bond motifs is 1. The molecule has 3 N–H and O–H groups in total. The van der Waals surface area contributed by atoms with Crippen molar-refractivity contribution in [3.8, 4) is 0 Å². The lowest BCUT2D eigenvalue weighted by Crippen LogP contribution is -2.47. The molecule has 0 spiro atoms. The molecule has 0 aromatic carbocycles. The third kappa shape index (κ3) is 1.44. The van der Waals surface area contributed by atoms with Crippen molar-refractivity contribution in [1.82, 2.24) is 19.6 Å². The highest BCUT2D eigenvalue weighted by atomic mass is 16.3. The average molecular weight is 260 g/mol. The molecular formula is C9H16N4O5. The third-order valence-electron chi connectivity index (χ3n) is 3.32. The van der Waals surface area contributed by atoms with E-state index < -0.39 is 44.6 Å². The molecule has 0 bridgehead atoms. The lowest BCUT2D eigenvalue weighted by Gasteiger charge is -2.26. The summed E-state index contributed by atoms with van der Waals surface area (Å²) in [5, 5.41) is 27.7. The van der Waals surface area contributed by atoms with E-state index in [-0.39, 0.29) is 0 Å². The van der Waals surface area contributed by atoms with Gasteiger partial charge in [-0.2, -0.15) is 0 Å². The lowest BCUT2D eigenvalue weighted by atomic mass is 10.3. The Morgan fingerprint density at radius 3 is 1.50 bits per heavy atom. The van der Waals surface area contributed by atoms with Gasteiger partial charge in [0.15, 0.2) is 12.3 Å². The fraction of sp³-hybridized carbons (Fsp3) is 0.778. The van der Waals surface area contributed by atoms with Gasteiger partial charge in [0.1, 0.15) is 20.2 Å². The second-order valence-corrected chi connectivity index (χ2v) is 4.01. The third-order valence-corrected chi connectivity index (χ3v) is 3.32. The van der Waals surface area contributed by atoms with Gasteiger partial charge in [-0.05, 0) is 6.92 Å². The van der Waals surface area contributed by atoms with Crippen molar-refractivity contribution in [1.29, 1.82) is 0 Å². The molecule has 4 amide bonds. The summed E-state index contributed by atoms with van der Waals surface area (Å²) in [6.07, 6.45) is -1.48. The minimum atomic E-state index is -0.785. The number of carbonyl (C=O) groups excluding carboxylic acids is 2. The van der Waals surface area contributed by atoms with Gasteiger partial charge in [-0.15, -0.1) is 0 Å². The summed E-state index contributed by atoms with van der Waals surface area (Å²) in [5.41, 5.74) is 0. The molecule has 18 heavy (non-hydrogen) atoms. The van der Waals surface area contributed by atoms with E-state index in [0.29, 0.717) is 6.54 Å². The molecule has 9 nitrogen and oxygen atoms in total. The Labute approximate surface area is 103 Å². The Morgan fingerprint density at radius 1 is 0.833 bits per heavy atom. The Morgan fingerprint density at radius 2 is 1.17 bits per heavy atom. The van der Waals surface area contributed by atoms with Gasteiger partial charge in [-0.1, -0.05) is 0 Å². The first-order chi connectivity index (χ1) is 8.62. The molecule has 2 saturated heterocycles. The molecule has 0 saturated carbocycles. The maximum absolute atomic E-state index is 12.0. The Balaban J connectivity index is 2.41. The van der Waals surface area contributed by atoms with Crippen LogP contribution in [0.3, 0.4) is 0 Å². The molecule has 0 aromatic rings. The van der Waals surface area contributed by atoms with E-state index in [1.165, 1.54) is 4.90 Å². The molecule has 2 unspecified atom stereocenters. The second kappa shape index (κ2) is 4.59. The molecule has 2 heterocycles. The number of rotatable bonds is 4. The highest BCUT2D eigenvalue weighted by Crippen LogP contribution is 2.33. The predicted molar refractivity (Wildman–Crippen MR) is 57.5 cm³/mol. The second-order valence-electron chi connectivity index (χ2n) is 4.01. The summed E-state index contributed by atoms with van der Waals surface area (Å²) in [5.74, 6) is 0. The van der Waals surface area contributed by atoms with Gasteiger partial charge >= 0.3 is 12.1 Å². The zero-order valence-corrected chi connectivity index (χ0v) is 9.93. The highest BCUT2D eigenvalue weighted by molar-refractivity contribution is 5.85. The molecule has 2 rings (SSSR count). The molecule has 2 aliphatic heterocycles. The molecule has 2 fully saturated rings. The molecule has 0 aliphatic carbocycles. The van der Waals surface area contributed by atoms with Gasteiger partial charge in [0.2, 0.25) is 0 Å². The van der Waals surface area contributed by atoms with Crippen molar-refractivity contribution in [3.63, 3.8) is 0 Å². The van der Waals surface area contributed by atoms with Crippen LogP contribution in [-0.4, -0.2) is 86.1 Å². The first kappa shape index (κ1) is 12.9. The minimum Gasteiger partial charge on any atom is -0.376 e. The average Bonchev–Trinajstić information content (AvgIpc) is 2.78. The molecular weight excluding hydrogens is 244 g/mol. The van der Waals surface area contributed by atoms with Crippen LogP contribution in [0.4, 0.5) is 9.59 Å². The van der Waals surface area contributed by atoms with E-state index in [1.807, 2.05) is 0 Å². The minimum absolute atomic E-state index is 0.333. The standard InChI is InChI=1S/C9H16N4O5/c1-2-10-6-7(12(4-15)8(10)17)13(5-16)9(18)11(6)3-14/h6-7,14-16H,2-5H2,1H3. The van der Waals surface area contributed by atoms with Gasteiger partial charge in [-0.25, -0.2) is 9.59 Å². The number of nitrogens with zero attached hydrogens (tertiary/aromatic N) is 4. The first-order valence-corrected chi connectivity index (χ1v) is 5.59. The number of carbonyl (C=O) groups is 2. The van der Waals surface area contributed by atoms with Crippen LogP contribution in [0.15, 0.2) is 0 Å². The summed E-state index contributed by atoms with van der Waals surface area (Å²) >= 11 is 0. The molecule has 2 aliphatic rings. The monoisotopic (exact) mass is 260 g/mol. The van der Waals surface area contributed by atoms with Crippen molar-refractivity contribution in [2.75, 3.05) is 26.7 Å². The summed E-state index contributed by atoms with van der Waals surface area (Å²) in [7, 11) is 0. The molecule has 102 valence electrons. The Hall–Kier alpha value is -1.58. The van der Waals surface area contributed by atoms with E-state index in [2.05, 4.69) is 0 Å². The fourth-order valence-corrected chi connectivity index (χ4v) is 2.52. The smallest absolute Gasteiger partial charge is 0.327 e. The molecule has 0 aromatic heterocycles. The van der Waals surface area contributed by atoms with Crippen LogP contribution in [0, 0.1) is 0 Å². The van der Waals surface area contributed by atoms with Gasteiger partial charge < -0.3 is 20.2 Å². The van der Waals surface area contributed by atoms with Crippen LogP contribution >= 0.6 is 0 Å². The van der Waals surface area contributed by atoms with Crippen LogP contribution in [0.25, 0.3) is 0 Å². The fourth-order valence-electron chi connectivity index (χ4n) is 2.52. The molecule has 9 heteroatoms. The van der Waals surface area contributed by atoms with Crippen molar-refractivity contribution in [2.24, 2.45) is 0 Å². The van der Waals surface area contributed by atoms with Gasteiger partial charge in [-0.3, -0.25) is 14.7 Å². The Kier molecular flexibility index (Phi) is 3.28. The molecule has 0 radical (unpaired) electrons. The maximum atomic E-state index is 12.0. The van der Waals surface area contributed by atoms with Crippen LogP contribution in [0.2, 0.25) is 0 Å². The normalized spacial score (nSPS) is 27.6. The van der Waals surface area contributed by atoms with Crippen LogP contribution in [0.5, 0.6) is 0 Å². The number of aliphatic hydroxyl groups is 3. The Bertz CT molecular complexity index is 303. The summed E-state index contributed by atoms with van der Waals surface area (Å²) in [6.45, 7) is 0.369. The first-order valence-electron chi connectivity index (χ1n) is 5.59. The van der Waals surface area contributed by atoms with E-state index in [1.54, 1.807) is 6.92 Å². The number of hydrogen-bond acceptors (Lipinski definition) is 5. The quantitative estimate of drug-likeness (QED) is 0.541. The number of hydrogen-bond donors (Lipinski definition) is 3. The zero-order chi connectivity index (χ0) is 13.4. The van der Waals surface area contributed by atoms with Crippen molar-refractivity contribution < 1.29 is 24.9 Å². The van der Waals surface area contributed by atoms with Gasteiger partial charge in [0.25, 0.3) is 0 Å². The van der Waals surface area contributed by atoms with E-state index in [4.69, 9.17) is 0 Å². The van der Waals surface area contributed by atoms with E-state index in [9.17, 15) is 24.9 Å². The number of amides is 4.